The molecule has 2 rings (SSSR count). The van der Waals surface area contributed by atoms with Crippen LogP contribution in [0.3, 0.4) is 0 Å². The molecule has 7 nitrogen and oxygen atoms in total. The van der Waals surface area contributed by atoms with E-state index in [0.29, 0.717) is 24.5 Å². The minimum Gasteiger partial charge on any atom is -0.407 e. The van der Waals surface area contributed by atoms with Gasteiger partial charge in [-0.15, -0.1) is 5.10 Å². The van der Waals surface area contributed by atoms with Gasteiger partial charge >= 0.3 is 6.01 Å². The van der Waals surface area contributed by atoms with E-state index in [2.05, 4.69) is 20.8 Å². The molecular formula is C10H17N5O2. The van der Waals surface area contributed by atoms with E-state index in [1.165, 1.54) is 12.8 Å². The van der Waals surface area contributed by atoms with Crippen LogP contribution < -0.4 is 16.4 Å². The van der Waals surface area contributed by atoms with Gasteiger partial charge in [0.05, 0.1) is 6.54 Å². The molecule has 0 aromatic carbocycles. The van der Waals surface area contributed by atoms with Gasteiger partial charge < -0.3 is 20.8 Å². The van der Waals surface area contributed by atoms with E-state index in [1.54, 1.807) is 0 Å². The Morgan fingerprint density at radius 2 is 2.35 bits per heavy atom. The number of nitrogens with zero attached hydrogens (tertiary/aromatic N) is 2. The minimum atomic E-state index is -0.361. The summed E-state index contributed by atoms with van der Waals surface area (Å²) >= 11 is 0. The van der Waals surface area contributed by atoms with E-state index in [4.69, 9.17) is 10.2 Å². The lowest BCUT2D eigenvalue weighted by molar-refractivity contribution is -0.118. The highest BCUT2D eigenvalue weighted by atomic mass is 16.4. The summed E-state index contributed by atoms with van der Waals surface area (Å²) in [6.07, 6.45) is 2.67. The lowest BCUT2D eigenvalue weighted by Crippen LogP contribution is -2.24. The van der Waals surface area contributed by atoms with E-state index in [-0.39, 0.29) is 18.4 Å². The van der Waals surface area contributed by atoms with Crippen molar-refractivity contribution in [1.29, 1.82) is 0 Å². The van der Waals surface area contributed by atoms with Gasteiger partial charge in [-0.05, 0) is 19.8 Å². The monoisotopic (exact) mass is 239 g/mol. The zero-order valence-electron chi connectivity index (χ0n) is 9.77. The van der Waals surface area contributed by atoms with Crippen molar-refractivity contribution in [1.82, 2.24) is 15.5 Å². The first kappa shape index (κ1) is 11.8. The predicted octanol–water partition coefficient (Wildman–Crippen LogP) is -0.00260. The Kier molecular flexibility index (Phi) is 3.58. The third kappa shape index (κ3) is 4.03. The fourth-order valence-corrected chi connectivity index (χ4v) is 1.47. The highest BCUT2D eigenvalue weighted by Gasteiger charge is 2.21. The standard InChI is InChI=1S/C10H17N5O2/c1-6(4-8(11)16)13-10-15-14-9(17-10)5-12-7-2-3-7/h6-7,12H,2-5H2,1H3,(H2,11,16)(H,13,15). The average Bonchev–Trinajstić information content (AvgIpc) is 2.96. The number of carbonyl (C=O) groups excluding carboxylic acids is 1. The Bertz CT molecular complexity index is 388. The van der Waals surface area contributed by atoms with Gasteiger partial charge in [0.2, 0.25) is 11.8 Å². The molecule has 0 saturated heterocycles. The topological polar surface area (TPSA) is 106 Å². The summed E-state index contributed by atoms with van der Waals surface area (Å²) < 4.78 is 5.37. The summed E-state index contributed by atoms with van der Waals surface area (Å²) in [7, 11) is 0. The quantitative estimate of drug-likeness (QED) is 0.618. The van der Waals surface area contributed by atoms with Gasteiger partial charge in [0.25, 0.3) is 0 Å². The van der Waals surface area contributed by atoms with Crippen molar-refractivity contribution in [3.63, 3.8) is 0 Å². The van der Waals surface area contributed by atoms with E-state index < -0.39 is 0 Å². The van der Waals surface area contributed by atoms with Crippen LogP contribution in [0.4, 0.5) is 6.01 Å². The lowest BCUT2D eigenvalue weighted by atomic mass is 10.2. The Morgan fingerprint density at radius 1 is 1.59 bits per heavy atom. The van der Waals surface area contributed by atoms with Crippen molar-refractivity contribution in [3.05, 3.63) is 5.89 Å². The van der Waals surface area contributed by atoms with Crippen LogP contribution in [0.15, 0.2) is 4.42 Å². The maximum absolute atomic E-state index is 10.7. The molecule has 1 heterocycles. The zero-order chi connectivity index (χ0) is 12.3. The first-order valence-corrected chi connectivity index (χ1v) is 5.74. The van der Waals surface area contributed by atoms with Crippen LogP contribution in [0, 0.1) is 0 Å². The van der Waals surface area contributed by atoms with Crippen LogP contribution in [0.5, 0.6) is 0 Å². The van der Waals surface area contributed by atoms with Crippen molar-refractivity contribution >= 4 is 11.9 Å². The van der Waals surface area contributed by atoms with Crippen LogP contribution >= 0.6 is 0 Å². The zero-order valence-corrected chi connectivity index (χ0v) is 9.77. The Morgan fingerprint density at radius 3 is 3.00 bits per heavy atom. The molecule has 1 aliphatic rings. The average molecular weight is 239 g/mol. The van der Waals surface area contributed by atoms with Gasteiger partial charge in [-0.1, -0.05) is 5.10 Å². The maximum atomic E-state index is 10.7. The van der Waals surface area contributed by atoms with E-state index in [9.17, 15) is 4.79 Å². The molecule has 1 aliphatic carbocycles. The number of nitrogens with two attached hydrogens (primary N) is 1. The summed E-state index contributed by atoms with van der Waals surface area (Å²) in [4.78, 5) is 10.7. The molecule has 0 radical (unpaired) electrons. The molecule has 1 amide bonds. The van der Waals surface area contributed by atoms with Crippen LogP contribution in [0.2, 0.25) is 0 Å². The van der Waals surface area contributed by atoms with Crippen molar-refractivity contribution in [2.24, 2.45) is 5.73 Å². The van der Waals surface area contributed by atoms with Crippen LogP contribution in [-0.4, -0.2) is 28.2 Å². The minimum absolute atomic E-state index is 0.114. The number of primary amides is 1. The smallest absolute Gasteiger partial charge is 0.315 e. The molecular weight excluding hydrogens is 222 g/mol. The fourth-order valence-electron chi connectivity index (χ4n) is 1.47. The summed E-state index contributed by atoms with van der Waals surface area (Å²) in [6.45, 7) is 2.42. The summed E-state index contributed by atoms with van der Waals surface area (Å²) in [5, 5.41) is 13.9. The summed E-state index contributed by atoms with van der Waals surface area (Å²) in [6, 6.07) is 0.815. The van der Waals surface area contributed by atoms with E-state index >= 15 is 0 Å². The SMILES string of the molecule is CC(CC(N)=O)Nc1nnc(CNC2CC2)o1. The number of amides is 1. The second-order valence-electron chi connectivity index (χ2n) is 4.37. The molecule has 1 aromatic heterocycles. The number of aromatic nitrogens is 2. The first-order chi connectivity index (χ1) is 8.13. The second-order valence-corrected chi connectivity index (χ2v) is 4.37. The molecule has 4 N–H and O–H groups in total. The van der Waals surface area contributed by atoms with Gasteiger partial charge in [0, 0.05) is 18.5 Å². The van der Waals surface area contributed by atoms with Crippen LogP contribution in [0.25, 0.3) is 0 Å². The Balaban J connectivity index is 1.77. The molecule has 7 heteroatoms. The predicted molar refractivity (Wildman–Crippen MR) is 61.1 cm³/mol. The van der Waals surface area contributed by atoms with Gasteiger partial charge in [-0.2, -0.15) is 0 Å². The third-order valence-electron chi connectivity index (χ3n) is 2.46. The second kappa shape index (κ2) is 5.13. The van der Waals surface area contributed by atoms with Crippen molar-refractivity contribution in [3.8, 4) is 0 Å². The number of carbonyl (C=O) groups is 1. The number of hydrogen-bond acceptors (Lipinski definition) is 6. The largest absolute Gasteiger partial charge is 0.407 e. The molecule has 1 unspecified atom stereocenters. The lowest BCUT2D eigenvalue weighted by Gasteiger charge is -2.08. The Hall–Kier alpha value is -1.63. The van der Waals surface area contributed by atoms with Gasteiger partial charge in [-0.3, -0.25) is 4.79 Å². The normalized spacial score (nSPS) is 16.8. The molecule has 1 aromatic rings. The molecule has 17 heavy (non-hydrogen) atoms. The summed E-state index contributed by atoms with van der Waals surface area (Å²) in [5.74, 6) is 0.186. The van der Waals surface area contributed by atoms with Crippen LogP contribution in [0.1, 0.15) is 32.1 Å². The molecule has 1 fully saturated rings. The number of nitrogens with one attached hydrogen (secondary N) is 2. The van der Waals surface area contributed by atoms with Gasteiger partial charge in [0.15, 0.2) is 0 Å². The fraction of sp³-hybridized carbons (Fsp3) is 0.700. The molecule has 1 saturated carbocycles. The molecule has 0 spiro atoms. The molecule has 0 aliphatic heterocycles. The first-order valence-electron chi connectivity index (χ1n) is 5.74. The number of rotatable bonds is 7. The maximum Gasteiger partial charge on any atom is 0.315 e. The number of hydrogen-bond donors (Lipinski definition) is 3. The van der Waals surface area contributed by atoms with Crippen molar-refractivity contribution in [2.45, 2.75) is 44.8 Å². The van der Waals surface area contributed by atoms with Crippen LogP contribution in [-0.2, 0) is 11.3 Å². The molecule has 94 valence electrons. The highest BCUT2D eigenvalue weighted by Crippen LogP contribution is 2.19. The van der Waals surface area contributed by atoms with Gasteiger partial charge in [-0.25, -0.2) is 0 Å². The molecule has 1 atom stereocenters. The van der Waals surface area contributed by atoms with E-state index in [0.717, 1.165) is 0 Å². The summed E-state index contributed by atoms with van der Waals surface area (Å²) in [5.41, 5.74) is 5.08. The van der Waals surface area contributed by atoms with E-state index in [1.807, 2.05) is 6.92 Å². The third-order valence-corrected chi connectivity index (χ3v) is 2.46. The van der Waals surface area contributed by atoms with Crippen molar-refractivity contribution < 1.29 is 9.21 Å². The number of anilines is 1. The highest BCUT2D eigenvalue weighted by molar-refractivity contribution is 5.74. The Labute approximate surface area is 99.1 Å². The van der Waals surface area contributed by atoms with Crippen molar-refractivity contribution in [2.75, 3.05) is 5.32 Å². The molecule has 0 bridgehead atoms. The van der Waals surface area contributed by atoms with Gasteiger partial charge in [0.1, 0.15) is 0 Å².